The molecular weight excluding hydrogens is 813 g/mol. The van der Waals surface area contributed by atoms with Crippen LogP contribution in [0.1, 0.15) is 0 Å². The second-order valence-corrected chi connectivity index (χ2v) is 17.3. The molecule has 0 aliphatic carbocycles. The van der Waals surface area contributed by atoms with Gasteiger partial charge in [0.2, 0.25) is 0 Å². The smallest absolute Gasteiger partial charge is 0.136 e. The van der Waals surface area contributed by atoms with Gasteiger partial charge in [0.1, 0.15) is 11.2 Å². The Morgan fingerprint density at radius 3 is 1.30 bits per heavy atom. The SMILES string of the molecule is c1ccc2c(-c3ccc(-c4ccc(N(c5ccc(-c6ccc(-c7ccc8c(c7)oc7ccccc78)cc6)cc5)c5ccc(-n6c7ccccc7c7ccccc76)cc5)cc4)cc3)cccc2c1. The fraction of sp³-hybridized carbons (Fsp3) is 0. The van der Waals surface area contributed by atoms with E-state index in [0.717, 1.165) is 66.9 Å². The summed E-state index contributed by atoms with van der Waals surface area (Å²) in [5, 5.41) is 7.32. The fourth-order valence-corrected chi connectivity index (χ4v) is 10.1. The van der Waals surface area contributed by atoms with Crippen LogP contribution in [-0.2, 0) is 0 Å². The van der Waals surface area contributed by atoms with Gasteiger partial charge in [-0.1, -0.05) is 176 Å². The zero-order valence-electron chi connectivity index (χ0n) is 36.6. The summed E-state index contributed by atoms with van der Waals surface area (Å²) in [6.45, 7) is 0. The quantitative estimate of drug-likeness (QED) is 0.152. The largest absolute Gasteiger partial charge is 0.456 e. The summed E-state index contributed by atoms with van der Waals surface area (Å²) in [5.74, 6) is 0. The predicted molar refractivity (Wildman–Crippen MR) is 282 cm³/mol. The van der Waals surface area contributed by atoms with E-state index in [-0.39, 0.29) is 0 Å². The van der Waals surface area contributed by atoms with Crippen LogP contribution in [0.3, 0.4) is 0 Å². The zero-order valence-corrected chi connectivity index (χ0v) is 36.6. The minimum Gasteiger partial charge on any atom is -0.456 e. The molecule has 11 aromatic carbocycles. The Hall–Kier alpha value is -8.92. The molecule has 3 nitrogen and oxygen atoms in total. The van der Waals surface area contributed by atoms with Gasteiger partial charge in [0.25, 0.3) is 0 Å². The highest BCUT2D eigenvalue weighted by Gasteiger charge is 2.17. The van der Waals surface area contributed by atoms with Crippen LogP contribution in [0.5, 0.6) is 0 Å². The first-order valence-corrected chi connectivity index (χ1v) is 22.9. The molecule has 314 valence electrons. The maximum absolute atomic E-state index is 6.21. The number of hydrogen-bond acceptors (Lipinski definition) is 2. The molecule has 0 aliphatic rings. The third-order valence-electron chi connectivity index (χ3n) is 13.4. The van der Waals surface area contributed by atoms with E-state index in [1.54, 1.807) is 0 Å². The van der Waals surface area contributed by atoms with Crippen molar-refractivity contribution < 1.29 is 4.42 Å². The Morgan fingerprint density at radius 2 is 0.701 bits per heavy atom. The van der Waals surface area contributed by atoms with Gasteiger partial charge < -0.3 is 13.9 Å². The van der Waals surface area contributed by atoms with Crippen molar-refractivity contribution in [2.24, 2.45) is 0 Å². The molecule has 0 aliphatic heterocycles. The molecule has 0 N–H and O–H groups in total. The van der Waals surface area contributed by atoms with E-state index in [2.05, 4.69) is 252 Å². The molecule has 13 rings (SSSR count). The highest BCUT2D eigenvalue weighted by Crippen LogP contribution is 2.40. The zero-order chi connectivity index (χ0) is 44.3. The van der Waals surface area contributed by atoms with Crippen LogP contribution >= 0.6 is 0 Å². The number of nitrogens with zero attached hydrogens (tertiary/aromatic N) is 2. The van der Waals surface area contributed by atoms with E-state index in [4.69, 9.17) is 4.42 Å². The number of aromatic nitrogens is 1. The van der Waals surface area contributed by atoms with Crippen LogP contribution in [0.4, 0.5) is 17.1 Å². The van der Waals surface area contributed by atoms with Gasteiger partial charge >= 0.3 is 0 Å². The molecule has 2 aromatic heterocycles. The van der Waals surface area contributed by atoms with Gasteiger partial charge in [-0.05, 0) is 134 Å². The van der Waals surface area contributed by atoms with Crippen LogP contribution in [0.2, 0.25) is 0 Å². The Morgan fingerprint density at radius 1 is 0.284 bits per heavy atom. The Kier molecular flexibility index (Phi) is 9.17. The van der Waals surface area contributed by atoms with Crippen molar-refractivity contribution in [1.29, 1.82) is 0 Å². The molecule has 0 atom stereocenters. The molecular formula is C64H42N2O. The number of rotatable bonds is 8. The van der Waals surface area contributed by atoms with Crippen LogP contribution in [0, 0.1) is 0 Å². The van der Waals surface area contributed by atoms with Gasteiger partial charge in [0.05, 0.1) is 11.0 Å². The van der Waals surface area contributed by atoms with Gasteiger partial charge in [0, 0.05) is 44.3 Å². The van der Waals surface area contributed by atoms with Crippen molar-refractivity contribution in [3.05, 3.63) is 255 Å². The van der Waals surface area contributed by atoms with Crippen LogP contribution in [0.25, 0.3) is 105 Å². The number of para-hydroxylation sites is 3. The van der Waals surface area contributed by atoms with E-state index in [1.165, 1.54) is 54.8 Å². The summed E-state index contributed by atoms with van der Waals surface area (Å²) in [5.41, 5.74) is 18.0. The Labute approximate surface area is 388 Å². The van der Waals surface area contributed by atoms with E-state index >= 15 is 0 Å². The van der Waals surface area contributed by atoms with Crippen molar-refractivity contribution in [3.63, 3.8) is 0 Å². The van der Waals surface area contributed by atoms with Crippen molar-refractivity contribution in [3.8, 4) is 50.2 Å². The highest BCUT2D eigenvalue weighted by atomic mass is 16.3. The topological polar surface area (TPSA) is 21.3 Å². The van der Waals surface area contributed by atoms with E-state index < -0.39 is 0 Å². The van der Waals surface area contributed by atoms with Crippen LogP contribution < -0.4 is 4.90 Å². The molecule has 0 radical (unpaired) electrons. The summed E-state index contributed by atoms with van der Waals surface area (Å²) in [7, 11) is 0. The van der Waals surface area contributed by atoms with Crippen LogP contribution in [-0.4, -0.2) is 4.57 Å². The summed E-state index contributed by atoms with van der Waals surface area (Å²) in [6, 6.07) is 91.9. The lowest BCUT2D eigenvalue weighted by atomic mass is 9.96. The summed E-state index contributed by atoms with van der Waals surface area (Å²) in [6.07, 6.45) is 0. The van der Waals surface area contributed by atoms with Gasteiger partial charge in [-0.15, -0.1) is 0 Å². The van der Waals surface area contributed by atoms with E-state index in [1.807, 2.05) is 12.1 Å². The maximum Gasteiger partial charge on any atom is 0.136 e. The molecule has 67 heavy (non-hydrogen) atoms. The highest BCUT2D eigenvalue weighted by molar-refractivity contribution is 6.09. The lowest BCUT2D eigenvalue weighted by Gasteiger charge is -2.26. The third kappa shape index (κ3) is 6.76. The maximum atomic E-state index is 6.21. The summed E-state index contributed by atoms with van der Waals surface area (Å²) >= 11 is 0. The predicted octanol–water partition coefficient (Wildman–Crippen LogP) is 18.0. The minimum absolute atomic E-state index is 0.908. The van der Waals surface area contributed by atoms with Gasteiger partial charge in [-0.2, -0.15) is 0 Å². The van der Waals surface area contributed by atoms with Crippen LogP contribution in [0.15, 0.2) is 259 Å². The molecule has 0 saturated heterocycles. The lowest BCUT2D eigenvalue weighted by molar-refractivity contribution is 0.669. The molecule has 0 bridgehead atoms. The number of anilines is 3. The second-order valence-electron chi connectivity index (χ2n) is 17.3. The number of benzene rings is 11. The summed E-state index contributed by atoms with van der Waals surface area (Å²) in [4.78, 5) is 2.35. The molecule has 0 spiro atoms. The number of hydrogen-bond donors (Lipinski definition) is 0. The van der Waals surface area contributed by atoms with Crippen molar-refractivity contribution >= 4 is 71.6 Å². The van der Waals surface area contributed by atoms with Crippen molar-refractivity contribution in [2.75, 3.05) is 4.90 Å². The average Bonchev–Trinajstić information content (AvgIpc) is 3.95. The lowest BCUT2D eigenvalue weighted by Crippen LogP contribution is -2.10. The molecule has 0 fully saturated rings. The summed E-state index contributed by atoms with van der Waals surface area (Å²) < 4.78 is 8.58. The Bertz CT molecular complexity index is 3880. The van der Waals surface area contributed by atoms with Crippen molar-refractivity contribution in [1.82, 2.24) is 4.57 Å². The molecule has 0 amide bonds. The standard InChI is InChI=1S/C64H42N2O/c1-2-12-55-48(10-1)11-9-16-56(55)49-26-24-44(25-27-49)46-30-35-52(36-31-46)65(53-37-39-54(40-38-53)66-61-17-6-3-13-57(61)58-14-4-7-18-62(58)66)51-33-28-45(29-34-51)43-20-22-47(23-21-43)50-32-41-60-59-15-5-8-19-63(59)67-64(60)42-50/h1-42H. The number of fused-ring (bicyclic) bond motifs is 7. The van der Waals surface area contributed by atoms with E-state index in [0.29, 0.717) is 0 Å². The molecule has 3 heteroatoms. The van der Waals surface area contributed by atoms with Gasteiger partial charge in [0.15, 0.2) is 0 Å². The van der Waals surface area contributed by atoms with Gasteiger partial charge in [-0.3, -0.25) is 0 Å². The first-order chi connectivity index (χ1) is 33.2. The van der Waals surface area contributed by atoms with Crippen molar-refractivity contribution in [2.45, 2.75) is 0 Å². The molecule has 0 saturated carbocycles. The minimum atomic E-state index is 0.908. The number of furan rings is 1. The first kappa shape index (κ1) is 38.5. The molecule has 0 unspecified atom stereocenters. The first-order valence-electron chi connectivity index (χ1n) is 22.9. The normalized spacial score (nSPS) is 11.6. The Balaban J connectivity index is 0.831. The average molecular weight is 855 g/mol. The molecule has 2 heterocycles. The molecule has 13 aromatic rings. The van der Waals surface area contributed by atoms with Gasteiger partial charge in [-0.25, -0.2) is 0 Å². The third-order valence-corrected chi connectivity index (χ3v) is 13.4. The second kappa shape index (κ2) is 16.0. The fourth-order valence-electron chi connectivity index (χ4n) is 10.1. The van der Waals surface area contributed by atoms with E-state index in [9.17, 15) is 0 Å². The monoisotopic (exact) mass is 854 g/mol.